The van der Waals surface area contributed by atoms with Crippen LogP contribution >= 0.6 is 0 Å². The second-order valence-electron chi connectivity index (χ2n) is 4.47. The maximum absolute atomic E-state index is 12.4. The van der Waals surface area contributed by atoms with E-state index in [1.807, 2.05) is 6.92 Å². The lowest BCUT2D eigenvalue weighted by Gasteiger charge is -2.42. The smallest absolute Gasteiger partial charge is 0.248 e. The highest BCUT2D eigenvalue weighted by Crippen LogP contribution is 2.30. The van der Waals surface area contributed by atoms with Crippen LogP contribution in [0.25, 0.3) is 0 Å². The molecule has 18 heavy (non-hydrogen) atoms. The van der Waals surface area contributed by atoms with Crippen molar-refractivity contribution in [2.24, 2.45) is 0 Å². The molecule has 0 aromatic carbocycles. The number of H-pyrrole nitrogens is 1. The summed E-state index contributed by atoms with van der Waals surface area (Å²) < 4.78 is 0. The van der Waals surface area contributed by atoms with Crippen molar-refractivity contribution in [3.8, 4) is 0 Å². The van der Waals surface area contributed by atoms with Crippen molar-refractivity contribution in [1.29, 1.82) is 0 Å². The first-order valence-electron chi connectivity index (χ1n) is 6.43. The monoisotopic (exact) mass is 251 g/mol. The Labute approximate surface area is 107 Å². The molecule has 2 rings (SSSR count). The predicted octanol–water partition coefficient (Wildman–Crippen LogP) is -0.334. The summed E-state index contributed by atoms with van der Waals surface area (Å²) in [5, 5.41) is 6.09. The van der Waals surface area contributed by atoms with Gasteiger partial charge in [-0.25, -0.2) is 4.98 Å². The number of rotatable bonds is 4. The summed E-state index contributed by atoms with van der Waals surface area (Å²) in [6, 6.07) is 0. The molecule has 0 radical (unpaired) electrons. The van der Waals surface area contributed by atoms with Gasteiger partial charge in [0.1, 0.15) is 5.82 Å². The lowest BCUT2D eigenvalue weighted by atomic mass is 9.90. The van der Waals surface area contributed by atoms with Crippen molar-refractivity contribution in [2.45, 2.75) is 18.9 Å². The molecule has 1 amide bonds. The Hall–Kier alpha value is -1.40. The maximum Gasteiger partial charge on any atom is 0.248 e. The van der Waals surface area contributed by atoms with Crippen molar-refractivity contribution in [1.82, 2.24) is 25.5 Å². The predicted molar refractivity (Wildman–Crippen MR) is 69.1 cm³/mol. The number of aromatic nitrogens is 2. The quantitative estimate of drug-likeness (QED) is 0.685. The van der Waals surface area contributed by atoms with Gasteiger partial charge in [0.15, 0.2) is 5.54 Å². The number of amides is 1. The number of nitrogens with one attached hydrogen (secondary N) is 3. The van der Waals surface area contributed by atoms with Gasteiger partial charge in [0, 0.05) is 45.6 Å². The molecule has 0 saturated carbocycles. The fraction of sp³-hybridized carbons (Fsp3) is 0.667. The standard InChI is InChI=1S/C12H21N5O/c1-3-12(11(18)13-2,10-15-4-5-16-10)17-8-6-14-7-9-17/h4-5,14H,3,6-9H2,1-2H3,(H,13,18)(H,15,16). The fourth-order valence-electron chi connectivity index (χ4n) is 2.70. The van der Waals surface area contributed by atoms with Crippen LogP contribution in [-0.2, 0) is 10.3 Å². The van der Waals surface area contributed by atoms with E-state index in [9.17, 15) is 4.79 Å². The number of aromatic amines is 1. The number of carbonyl (C=O) groups is 1. The van der Waals surface area contributed by atoms with E-state index in [1.54, 1.807) is 19.4 Å². The Balaban J connectivity index is 2.39. The SMILES string of the molecule is CCC(C(=O)NC)(c1ncc[nH]1)N1CCNCC1. The number of imidazole rings is 1. The molecule has 1 unspecified atom stereocenters. The van der Waals surface area contributed by atoms with Crippen LogP contribution in [0.1, 0.15) is 19.2 Å². The number of nitrogens with zero attached hydrogens (tertiary/aromatic N) is 2. The molecule has 1 saturated heterocycles. The molecule has 1 aliphatic heterocycles. The van der Waals surface area contributed by atoms with Gasteiger partial charge in [0.05, 0.1) is 0 Å². The molecule has 1 aromatic heterocycles. The third-order valence-electron chi connectivity index (χ3n) is 3.66. The van der Waals surface area contributed by atoms with Crippen molar-refractivity contribution >= 4 is 5.91 Å². The first-order valence-corrected chi connectivity index (χ1v) is 6.43. The van der Waals surface area contributed by atoms with E-state index in [4.69, 9.17) is 0 Å². The second-order valence-corrected chi connectivity index (χ2v) is 4.47. The van der Waals surface area contributed by atoms with Gasteiger partial charge in [-0.05, 0) is 6.42 Å². The van der Waals surface area contributed by atoms with E-state index in [2.05, 4.69) is 25.5 Å². The van der Waals surface area contributed by atoms with Crippen LogP contribution in [-0.4, -0.2) is 54.0 Å². The molecule has 1 aromatic rings. The summed E-state index contributed by atoms with van der Waals surface area (Å²) in [5.74, 6) is 0.730. The van der Waals surface area contributed by atoms with E-state index in [1.165, 1.54) is 0 Å². The fourth-order valence-corrected chi connectivity index (χ4v) is 2.70. The zero-order valence-electron chi connectivity index (χ0n) is 11.0. The zero-order valence-corrected chi connectivity index (χ0v) is 11.0. The molecule has 1 atom stereocenters. The van der Waals surface area contributed by atoms with Crippen molar-refractivity contribution in [3.05, 3.63) is 18.2 Å². The molecular formula is C12H21N5O. The lowest BCUT2D eigenvalue weighted by Crippen LogP contribution is -2.60. The van der Waals surface area contributed by atoms with Gasteiger partial charge in [0.2, 0.25) is 5.91 Å². The first kappa shape index (κ1) is 13.0. The van der Waals surface area contributed by atoms with Crippen LogP contribution in [0.4, 0.5) is 0 Å². The molecule has 0 aliphatic carbocycles. The summed E-state index contributed by atoms with van der Waals surface area (Å²) in [4.78, 5) is 22.1. The van der Waals surface area contributed by atoms with Crippen LogP contribution in [0.15, 0.2) is 12.4 Å². The van der Waals surface area contributed by atoms with Crippen molar-refractivity contribution in [2.75, 3.05) is 33.2 Å². The van der Waals surface area contributed by atoms with Gasteiger partial charge >= 0.3 is 0 Å². The lowest BCUT2D eigenvalue weighted by molar-refractivity contribution is -0.135. The first-order chi connectivity index (χ1) is 8.75. The molecule has 100 valence electrons. The minimum atomic E-state index is -0.680. The number of hydrogen-bond acceptors (Lipinski definition) is 4. The highest BCUT2D eigenvalue weighted by molar-refractivity contribution is 5.86. The van der Waals surface area contributed by atoms with E-state index in [-0.39, 0.29) is 5.91 Å². The highest BCUT2D eigenvalue weighted by Gasteiger charge is 2.46. The maximum atomic E-state index is 12.4. The van der Waals surface area contributed by atoms with Gasteiger partial charge in [-0.1, -0.05) is 6.92 Å². The Morgan fingerprint density at radius 1 is 1.56 bits per heavy atom. The molecule has 0 spiro atoms. The number of carbonyl (C=O) groups excluding carboxylic acids is 1. The van der Waals surface area contributed by atoms with Crippen LogP contribution in [0.3, 0.4) is 0 Å². The minimum absolute atomic E-state index is 0.00171. The number of hydrogen-bond donors (Lipinski definition) is 3. The largest absolute Gasteiger partial charge is 0.357 e. The Bertz CT molecular complexity index is 385. The van der Waals surface area contributed by atoms with Crippen LogP contribution in [0, 0.1) is 0 Å². The topological polar surface area (TPSA) is 73.0 Å². The minimum Gasteiger partial charge on any atom is -0.357 e. The Morgan fingerprint density at radius 2 is 2.28 bits per heavy atom. The molecule has 6 heteroatoms. The number of piperazine rings is 1. The van der Waals surface area contributed by atoms with Gasteiger partial charge < -0.3 is 15.6 Å². The van der Waals surface area contributed by atoms with E-state index >= 15 is 0 Å². The number of likely N-dealkylation sites (N-methyl/N-ethyl adjacent to an activating group) is 1. The van der Waals surface area contributed by atoms with Crippen LogP contribution < -0.4 is 10.6 Å². The molecule has 1 aliphatic rings. The van der Waals surface area contributed by atoms with Crippen LogP contribution in [0.5, 0.6) is 0 Å². The molecule has 3 N–H and O–H groups in total. The van der Waals surface area contributed by atoms with E-state index in [0.29, 0.717) is 6.42 Å². The molecular weight excluding hydrogens is 230 g/mol. The van der Waals surface area contributed by atoms with E-state index < -0.39 is 5.54 Å². The van der Waals surface area contributed by atoms with Gasteiger partial charge in [0.25, 0.3) is 0 Å². The third kappa shape index (κ3) is 2.02. The normalized spacial score (nSPS) is 20.3. The zero-order chi connectivity index (χ0) is 13.0. The van der Waals surface area contributed by atoms with Gasteiger partial charge in [-0.15, -0.1) is 0 Å². The van der Waals surface area contributed by atoms with E-state index in [0.717, 1.165) is 32.0 Å². The summed E-state index contributed by atoms with van der Waals surface area (Å²) in [5.41, 5.74) is -0.680. The van der Waals surface area contributed by atoms with Crippen LogP contribution in [0.2, 0.25) is 0 Å². The van der Waals surface area contributed by atoms with Gasteiger partial charge in [-0.3, -0.25) is 9.69 Å². The summed E-state index contributed by atoms with van der Waals surface area (Å²) in [6.07, 6.45) is 4.16. The summed E-state index contributed by atoms with van der Waals surface area (Å²) >= 11 is 0. The molecule has 2 heterocycles. The average Bonchev–Trinajstić information content (AvgIpc) is 2.95. The average molecular weight is 251 g/mol. The molecule has 0 bridgehead atoms. The van der Waals surface area contributed by atoms with Crippen molar-refractivity contribution in [3.63, 3.8) is 0 Å². The Morgan fingerprint density at radius 3 is 2.78 bits per heavy atom. The Kier molecular flexibility index (Phi) is 3.98. The molecule has 6 nitrogen and oxygen atoms in total. The third-order valence-corrected chi connectivity index (χ3v) is 3.66. The second kappa shape index (κ2) is 5.49. The van der Waals surface area contributed by atoms with Crippen molar-refractivity contribution < 1.29 is 4.79 Å². The summed E-state index contributed by atoms with van der Waals surface area (Å²) in [6.45, 7) is 5.53. The summed E-state index contributed by atoms with van der Waals surface area (Å²) in [7, 11) is 1.68. The highest BCUT2D eigenvalue weighted by atomic mass is 16.2. The van der Waals surface area contributed by atoms with Gasteiger partial charge in [-0.2, -0.15) is 0 Å². The molecule has 1 fully saturated rings.